The van der Waals surface area contributed by atoms with Gasteiger partial charge in [-0.3, -0.25) is 4.79 Å². The van der Waals surface area contributed by atoms with Crippen molar-refractivity contribution in [3.05, 3.63) is 22.7 Å². The number of aromatic nitrogens is 1. The molecule has 1 N–H and O–H groups in total. The number of alkyl halides is 1. The van der Waals surface area contributed by atoms with E-state index in [9.17, 15) is 4.79 Å². The Hall–Kier alpha value is -0.460. The number of nitrogens with zero attached hydrogens (tertiary/aromatic N) is 1. The predicted molar refractivity (Wildman–Crippen MR) is 83.5 cm³/mol. The number of halogens is 2. The molecule has 0 aliphatic carbocycles. The van der Waals surface area contributed by atoms with Crippen molar-refractivity contribution in [2.45, 2.75) is 18.7 Å². The van der Waals surface area contributed by atoms with Gasteiger partial charge in [-0.15, -0.1) is 0 Å². The van der Waals surface area contributed by atoms with Gasteiger partial charge in [0, 0.05) is 4.47 Å². The summed E-state index contributed by atoms with van der Waals surface area (Å²) in [6, 6.07) is 5.87. The van der Waals surface area contributed by atoms with Gasteiger partial charge in [-0.1, -0.05) is 57.0 Å². The average molecular weight is 392 g/mol. The summed E-state index contributed by atoms with van der Waals surface area (Å²) >= 11 is 8.27. The summed E-state index contributed by atoms with van der Waals surface area (Å²) in [6.45, 7) is 3.99. The van der Waals surface area contributed by atoms with Crippen molar-refractivity contribution in [1.29, 1.82) is 0 Å². The van der Waals surface area contributed by atoms with E-state index in [1.54, 1.807) is 0 Å². The van der Waals surface area contributed by atoms with E-state index < -0.39 is 0 Å². The van der Waals surface area contributed by atoms with Crippen LogP contribution >= 0.6 is 43.2 Å². The molecule has 0 saturated carbocycles. The molecule has 18 heavy (non-hydrogen) atoms. The summed E-state index contributed by atoms with van der Waals surface area (Å²) in [5.74, 6) is 0.191. The number of carbonyl (C=O) groups is 1. The molecule has 1 aromatic carbocycles. The summed E-state index contributed by atoms with van der Waals surface area (Å²) < 4.78 is 2.06. The van der Waals surface area contributed by atoms with E-state index in [0.717, 1.165) is 14.7 Å². The van der Waals surface area contributed by atoms with Gasteiger partial charge in [-0.25, -0.2) is 4.98 Å². The van der Waals surface area contributed by atoms with Gasteiger partial charge in [0.05, 0.1) is 15.0 Å². The molecule has 1 aromatic heterocycles. The van der Waals surface area contributed by atoms with E-state index in [4.69, 9.17) is 0 Å². The standard InChI is InChI=1S/C12H12Br2N2OS/c1-6(2)10(14)11(17)16-12-15-8-4-3-7(13)5-9(8)18-12/h3-6,10H,1-2H3,(H,15,16,17). The van der Waals surface area contributed by atoms with Crippen molar-refractivity contribution in [1.82, 2.24) is 4.98 Å². The molecule has 0 aliphatic heterocycles. The van der Waals surface area contributed by atoms with Crippen molar-refractivity contribution < 1.29 is 4.79 Å². The van der Waals surface area contributed by atoms with Gasteiger partial charge in [0.25, 0.3) is 0 Å². The first kappa shape index (κ1) is 14.0. The third-order valence-corrected chi connectivity index (χ3v) is 5.32. The number of carbonyl (C=O) groups excluding carboxylic acids is 1. The van der Waals surface area contributed by atoms with Crippen molar-refractivity contribution in [3.8, 4) is 0 Å². The summed E-state index contributed by atoms with van der Waals surface area (Å²) in [7, 11) is 0. The minimum Gasteiger partial charge on any atom is -0.301 e. The van der Waals surface area contributed by atoms with Crippen LogP contribution < -0.4 is 5.32 Å². The molecule has 0 saturated heterocycles. The number of hydrogen-bond acceptors (Lipinski definition) is 3. The Bertz CT molecular complexity index is 582. The molecule has 1 atom stereocenters. The first-order valence-electron chi connectivity index (χ1n) is 5.48. The highest BCUT2D eigenvalue weighted by atomic mass is 79.9. The van der Waals surface area contributed by atoms with Crippen LogP contribution in [0.2, 0.25) is 0 Å². The molecule has 0 aliphatic rings. The van der Waals surface area contributed by atoms with Crippen LogP contribution in [0.1, 0.15) is 13.8 Å². The van der Waals surface area contributed by atoms with Gasteiger partial charge >= 0.3 is 0 Å². The molecule has 0 bridgehead atoms. The average Bonchev–Trinajstić information content (AvgIpc) is 2.68. The van der Waals surface area contributed by atoms with Gasteiger partial charge in [0.2, 0.25) is 5.91 Å². The molecule has 1 unspecified atom stereocenters. The number of benzene rings is 1. The van der Waals surface area contributed by atoms with Gasteiger partial charge < -0.3 is 5.32 Å². The molecule has 1 amide bonds. The normalized spacial score (nSPS) is 12.9. The molecule has 2 aromatic rings. The largest absolute Gasteiger partial charge is 0.301 e. The number of nitrogens with one attached hydrogen (secondary N) is 1. The zero-order chi connectivity index (χ0) is 13.3. The lowest BCUT2D eigenvalue weighted by atomic mass is 10.1. The van der Waals surface area contributed by atoms with Crippen molar-refractivity contribution in [2.75, 3.05) is 5.32 Å². The number of anilines is 1. The third-order valence-electron chi connectivity index (χ3n) is 2.42. The third kappa shape index (κ3) is 3.10. The van der Waals surface area contributed by atoms with Crippen LogP contribution in [0.5, 0.6) is 0 Å². The van der Waals surface area contributed by atoms with Gasteiger partial charge in [0.1, 0.15) is 0 Å². The molecule has 0 fully saturated rings. The number of thiazole rings is 1. The van der Waals surface area contributed by atoms with Crippen molar-refractivity contribution in [2.24, 2.45) is 5.92 Å². The quantitative estimate of drug-likeness (QED) is 0.787. The van der Waals surface area contributed by atoms with Crippen LogP contribution in [0, 0.1) is 5.92 Å². The van der Waals surface area contributed by atoms with Crippen LogP contribution in [0.4, 0.5) is 5.13 Å². The Kier molecular flexibility index (Phi) is 4.40. The Morgan fingerprint density at radius 3 is 2.83 bits per heavy atom. The second-order valence-electron chi connectivity index (χ2n) is 4.27. The minimum absolute atomic E-state index is 0.0527. The van der Waals surface area contributed by atoms with E-state index >= 15 is 0 Å². The Morgan fingerprint density at radius 2 is 2.17 bits per heavy atom. The molecule has 0 radical (unpaired) electrons. The van der Waals surface area contributed by atoms with E-state index in [1.165, 1.54) is 11.3 Å². The van der Waals surface area contributed by atoms with E-state index in [0.29, 0.717) is 5.13 Å². The highest BCUT2D eigenvalue weighted by Crippen LogP contribution is 2.29. The number of fused-ring (bicyclic) bond motifs is 1. The fraction of sp³-hybridized carbons (Fsp3) is 0.333. The molecular weight excluding hydrogens is 380 g/mol. The molecule has 2 rings (SSSR count). The van der Waals surface area contributed by atoms with E-state index in [-0.39, 0.29) is 16.7 Å². The second-order valence-corrected chi connectivity index (χ2v) is 7.20. The summed E-state index contributed by atoms with van der Waals surface area (Å²) in [5.41, 5.74) is 0.897. The maximum Gasteiger partial charge on any atom is 0.240 e. The Morgan fingerprint density at radius 1 is 1.44 bits per heavy atom. The van der Waals surface area contributed by atoms with Crippen molar-refractivity contribution in [3.63, 3.8) is 0 Å². The first-order valence-corrected chi connectivity index (χ1v) is 8.01. The smallest absolute Gasteiger partial charge is 0.240 e. The van der Waals surface area contributed by atoms with Gasteiger partial charge in [-0.2, -0.15) is 0 Å². The van der Waals surface area contributed by atoms with Crippen LogP contribution in [0.15, 0.2) is 22.7 Å². The van der Waals surface area contributed by atoms with Crippen LogP contribution in [0.3, 0.4) is 0 Å². The Balaban J connectivity index is 2.20. The first-order chi connectivity index (χ1) is 8.47. The molecule has 1 heterocycles. The number of amides is 1. The van der Waals surface area contributed by atoms with E-state index in [1.807, 2.05) is 32.0 Å². The maximum atomic E-state index is 11.9. The molecule has 0 spiro atoms. The summed E-state index contributed by atoms with van der Waals surface area (Å²) in [4.78, 5) is 16.1. The predicted octanol–water partition coefficient (Wildman–Crippen LogP) is 4.42. The van der Waals surface area contributed by atoms with Crippen LogP contribution in [-0.2, 0) is 4.79 Å². The van der Waals surface area contributed by atoms with Gasteiger partial charge in [-0.05, 0) is 24.1 Å². The van der Waals surface area contributed by atoms with Crippen LogP contribution in [-0.4, -0.2) is 15.7 Å². The molecular formula is C12H12Br2N2OS. The minimum atomic E-state index is -0.198. The Labute approximate surface area is 126 Å². The number of rotatable bonds is 3. The SMILES string of the molecule is CC(C)C(Br)C(=O)Nc1nc2ccc(Br)cc2s1. The fourth-order valence-corrected chi connectivity index (χ4v) is 2.96. The summed E-state index contributed by atoms with van der Waals surface area (Å²) in [6.07, 6.45) is 0. The maximum absolute atomic E-state index is 11.9. The van der Waals surface area contributed by atoms with E-state index in [2.05, 4.69) is 42.2 Å². The lowest BCUT2D eigenvalue weighted by Crippen LogP contribution is -2.26. The second kappa shape index (κ2) is 5.67. The highest BCUT2D eigenvalue weighted by molar-refractivity contribution is 9.10. The summed E-state index contributed by atoms with van der Waals surface area (Å²) in [5, 5.41) is 3.48. The molecule has 6 heteroatoms. The lowest BCUT2D eigenvalue weighted by molar-refractivity contribution is -0.116. The van der Waals surface area contributed by atoms with Crippen LogP contribution in [0.25, 0.3) is 10.2 Å². The molecule has 3 nitrogen and oxygen atoms in total. The number of hydrogen-bond donors (Lipinski definition) is 1. The highest BCUT2D eigenvalue weighted by Gasteiger charge is 2.19. The zero-order valence-corrected chi connectivity index (χ0v) is 13.9. The monoisotopic (exact) mass is 390 g/mol. The fourth-order valence-electron chi connectivity index (χ4n) is 1.43. The van der Waals surface area contributed by atoms with Crippen molar-refractivity contribution >= 4 is 64.5 Å². The lowest BCUT2D eigenvalue weighted by Gasteiger charge is -2.11. The molecule has 96 valence electrons. The zero-order valence-electron chi connectivity index (χ0n) is 9.91. The van der Waals surface area contributed by atoms with Gasteiger partial charge in [0.15, 0.2) is 5.13 Å². The topological polar surface area (TPSA) is 42.0 Å².